The van der Waals surface area contributed by atoms with E-state index >= 15 is 0 Å². The molecule has 0 bridgehead atoms. The number of ether oxygens (including phenoxy) is 1. The molecule has 0 spiro atoms. The number of benzene rings is 4. The topological polar surface area (TPSA) is 32.8 Å². The van der Waals surface area contributed by atoms with Gasteiger partial charge < -0.3 is 14.5 Å². The van der Waals surface area contributed by atoms with Crippen LogP contribution in [0.2, 0.25) is 0 Å². The molecule has 5 rings (SSSR count). The Hall–Kier alpha value is -4.33. The van der Waals surface area contributed by atoms with Gasteiger partial charge in [-0.05, 0) is 90.9 Å². The van der Waals surface area contributed by atoms with E-state index in [-0.39, 0.29) is 11.9 Å². The zero-order chi connectivity index (χ0) is 36.7. The first-order valence-corrected chi connectivity index (χ1v) is 18.8. The van der Waals surface area contributed by atoms with Gasteiger partial charge in [0.25, 0.3) is 5.91 Å². The normalized spacial score (nSPS) is 12.4. The van der Waals surface area contributed by atoms with Gasteiger partial charge in [0.15, 0.2) is 0 Å². The Labute approximate surface area is 304 Å². The van der Waals surface area contributed by atoms with Gasteiger partial charge in [-0.2, -0.15) is 0 Å². The van der Waals surface area contributed by atoms with Crippen LogP contribution < -0.4 is 4.74 Å². The minimum Gasteiger partial charge on any atom is -0.497 e. The molecular weight excluding hydrogens is 613 g/mol. The highest BCUT2D eigenvalue weighted by atomic mass is 16.5. The van der Waals surface area contributed by atoms with Crippen molar-refractivity contribution in [3.63, 3.8) is 0 Å². The summed E-state index contributed by atoms with van der Waals surface area (Å²) >= 11 is 0. The van der Waals surface area contributed by atoms with E-state index in [0.717, 1.165) is 66.0 Å². The molecule has 0 unspecified atom stereocenters. The van der Waals surface area contributed by atoms with Gasteiger partial charge in [-0.15, -0.1) is 0 Å². The zero-order valence-electron chi connectivity index (χ0n) is 32.3. The molecule has 0 saturated carbocycles. The number of likely N-dealkylation sites (tertiary alicyclic amines) is 1. The molecule has 4 heteroatoms. The van der Waals surface area contributed by atoms with Crippen LogP contribution in [0.4, 0.5) is 0 Å². The molecule has 50 heavy (non-hydrogen) atoms. The lowest BCUT2D eigenvalue weighted by molar-refractivity contribution is 0.0546. The number of hydrogen-bond donors (Lipinski definition) is 0. The van der Waals surface area contributed by atoms with Crippen molar-refractivity contribution in [2.75, 3.05) is 26.7 Å². The first-order chi connectivity index (χ1) is 24.4. The molecule has 4 aromatic rings. The summed E-state index contributed by atoms with van der Waals surface area (Å²) in [6.45, 7) is 20.6. The number of nitrogens with zero attached hydrogens (tertiary/aromatic N) is 2. The fourth-order valence-corrected chi connectivity index (χ4v) is 5.61. The molecule has 0 N–H and O–H groups in total. The first-order valence-electron chi connectivity index (χ1n) is 18.8. The predicted molar refractivity (Wildman–Crippen MR) is 215 cm³/mol. The summed E-state index contributed by atoms with van der Waals surface area (Å²) in [5, 5.41) is 0. The van der Waals surface area contributed by atoms with E-state index < -0.39 is 0 Å². The van der Waals surface area contributed by atoms with Crippen LogP contribution in [0.15, 0.2) is 103 Å². The Kier molecular flexibility index (Phi) is 20.0. The van der Waals surface area contributed by atoms with Gasteiger partial charge >= 0.3 is 0 Å². The van der Waals surface area contributed by atoms with E-state index in [1.807, 2.05) is 94.4 Å². The lowest BCUT2D eigenvalue weighted by Gasteiger charge is -2.39. The zero-order valence-corrected chi connectivity index (χ0v) is 32.3. The molecule has 1 aliphatic rings. The molecule has 4 aromatic carbocycles. The van der Waals surface area contributed by atoms with Crippen molar-refractivity contribution >= 4 is 5.91 Å². The fraction of sp³-hybridized carbons (Fsp3) is 0.413. The Balaban J connectivity index is 0.00000116. The number of rotatable bonds is 9. The van der Waals surface area contributed by atoms with E-state index in [9.17, 15) is 4.79 Å². The summed E-state index contributed by atoms with van der Waals surface area (Å²) in [7, 11) is 1.68. The summed E-state index contributed by atoms with van der Waals surface area (Å²) in [5.41, 5.74) is 5.92. The van der Waals surface area contributed by atoms with Crippen LogP contribution in [0.5, 0.6) is 5.75 Å². The average Bonchev–Trinajstić information content (AvgIpc) is 3.18. The van der Waals surface area contributed by atoms with Crippen molar-refractivity contribution < 1.29 is 9.53 Å². The lowest BCUT2D eigenvalue weighted by atomic mass is 9.98. The number of amides is 1. The monoisotopic (exact) mass is 674 g/mol. The van der Waals surface area contributed by atoms with Gasteiger partial charge in [0.2, 0.25) is 0 Å². The quantitative estimate of drug-likeness (QED) is 0.166. The second-order valence-corrected chi connectivity index (χ2v) is 12.5. The minimum atomic E-state index is 0.0724. The molecular formula is C46H62N2O2. The number of piperidine rings is 1. The minimum absolute atomic E-state index is 0.0724. The maximum Gasteiger partial charge on any atom is 0.254 e. The maximum absolute atomic E-state index is 14.2. The summed E-state index contributed by atoms with van der Waals surface area (Å²) in [5.74, 6) is 8.09. The van der Waals surface area contributed by atoms with Crippen molar-refractivity contribution in [3.05, 3.63) is 125 Å². The van der Waals surface area contributed by atoms with Crippen LogP contribution in [0.25, 0.3) is 11.1 Å². The average molecular weight is 675 g/mol. The van der Waals surface area contributed by atoms with Crippen LogP contribution >= 0.6 is 0 Å². The summed E-state index contributed by atoms with van der Waals surface area (Å²) in [6.07, 6.45) is 4.44. The molecule has 0 atom stereocenters. The van der Waals surface area contributed by atoms with E-state index in [4.69, 9.17) is 4.74 Å². The van der Waals surface area contributed by atoms with Crippen LogP contribution in [0.3, 0.4) is 0 Å². The molecule has 0 aromatic heterocycles. The Morgan fingerprint density at radius 1 is 0.780 bits per heavy atom. The van der Waals surface area contributed by atoms with Crippen molar-refractivity contribution in [1.82, 2.24) is 9.80 Å². The number of carbonyl (C=O) groups excluding carboxylic acids is 1. The SMILES string of the molecule is CC.CC.CCC.COc1ccc(-c2ccc(CN(C(=O)c3cccc(C#Cc4ccccc4)c3)C3CCN(CCC(C)C)CC3)cc2)cc1. The Morgan fingerprint density at radius 2 is 1.32 bits per heavy atom. The molecule has 0 aliphatic carbocycles. The van der Waals surface area contributed by atoms with Crippen LogP contribution in [0, 0.1) is 17.8 Å². The summed E-state index contributed by atoms with van der Waals surface area (Å²) in [4.78, 5) is 18.8. The molecule has 1 aliphatic heterocycles. The summed E-state index contributed by atoms with van der Waals surface area (Å²) < 4.78 is 5.31. The lowest BCUT2D eigenvalue weighted by Crippen LogP contribution is -2.47. The molecule has 0 radical (unpaired) electrons. The van der Waals surface area contributed by atoms with Gasteiger partial charge in [0.1, 0.15) is 5.75 Å². The third-order valence-electron chi connectivity index (χ3n) is 8.25. The van der Waals surface area contributed by atoms with Crippen molar-refractivity contribution in [2.45, 2.75) is 93.7 Å². The van der Waals surface area contributed by atoms with E-state index in [0.29, 0.717) is 18.0 Å². The van der Waals surface area contributed by atoms with Gasteiger partial charge in [0, 0.05) is 42.4 Å². The molecule has 1 fully saturated rings. The third kappa shape index (κ3) is 13.9. The van der Waals surface area contributed by atoms with E-state index in [1.54, 1.807) is 7.11 Å². The van der Waals surface area contributed by atoms with E-state index in [2.05, 4.69) is 85.7 Å². The standard InChI is InChI=1S/C39H42N2O2.C3H8.2C2H6/c1-30(2)22-25-40-26-23-37(24-27-40)41(29-33-14-16-34(17-15-33)35-18-20-38(43-3)21-19-35)39(42)36-11-7-10-32(28-36)13-12-31-8-5-4-6-9-31;1-3-2;2*1-2/h4-11,14-21,28,30,37H,22-27,29H2,1-3H3;3H2,1-2H3;2*1-2H3. The predicted octanol–water partition coefficient (Wildman–Crippen LogP) is 11.4. The van der Waals surface area contributed by atoms with Crippen molar-refractivity contribution in [2.24, 2.45) is 5.92 Å². The molecule has 4 nitrogen and oxygen atoms in total. The second kappa shape index (κ2) is 23.9. The first kappa shape index (κ1) is 41.8. The van der Waals surface area contributed by atoms with E-state index in [1.165, 1.54) is 12.8 Å². The smallest absolute Gasteiger partial charge is 0.254 e. The highest BCUT2D eigenvalue weighted by Crippen LogP contribution is 2.26. The highest BCUT2D eigenvalue weighted by Gasteiger charge is 2.29. The summed E-state index contributed by atoms with van der Waals surface area (Å²) in [6, 6.07) is 34.6. The number of methoxy groups -OCH3 is 1. The van der Waals surface area contributed by atoms with Crippen LogP contribution in [0.1, 0.15) is 108 Å². The van der Waals surface area contributed by atoms with Gasteiger partial charge in [-0.1, -0.05) is 134 Å². The van der Waals surface area contributed by atoms with Gasteiger partial charge in [-0.3, -0.25) is 4.79 Å². The van der Waals surface area contributed by atoms with Crippen molar-refractivity contribution in [3.8, 4) is 28.7 Å². The number of hydrogen-bond acceptors (Lipinski definition) is 3. The molecule has 268 valence electrons. The Morgan fingerprint density at radius 3 is 1.88 bits per heavy atom. The molecule has 1 saturated heterocycles. The highest BCUT2D eigenvalue weighted by molar-refractivity contribution is 5.94. The fourth-order valence-electron chi connectivity index (χ4n) is 5.61. The largest absolute Gasteiger partial charge is 0.497 e. The molecule has 1 amide bonds. The number of carbonyl (C=O) groups is 1. The van der Waals surface area contributed by atoms with Gasteiger partial charge in [-0.25, -0.2) is 0 Å². The molecule has 1 heterocycles. The second-order valence-electron chi connectivity index (χ2n) is 12.5. The maximum atomic E-state index is 14.2. The third-order valence-corrected chi connectivity index (χ3v) is 8.25. The Bertz CT molecular complexity index is 1540. The van der Waals surface area contributed by atoms with Gasteiger partial charge in [0.05, 0.1) is 7.11 Å². The van der Waals surface area contributed by atoms with Crippen LogP contribution in [-0.4, -0.2) is 48.5 Å². The van der Waals surface area contributed by atoms with Crippen molar-refractivity contribution in [1.29, 1.82) is 0 Å². The van der Waals surface area contributed by atoms with Crippen LogP contribution in [-0.2, 0) is 6.54 Å².